The predicted molar refractivity (Wildman–Crippen MR) is 68.9 cm³/mol. The first-order valence-corrected chi connectivity index (χ1v) is 6.96. The molecule has 2 N–H and O–H groups in total. The van der Waals surface area contributed by atoms with Crippen molar-refractivity contribution in [3.63, 3.8) is 0 Å². The van der Waals surface area contributed by atoms with Crippen LogP contribution >= 0.6 is 0 Å². The number of hydrogen-bond donors (Lipinski definition) is 2. The van der Waals surface area contributed by atoms with Crippen LogP contribution in [0.3, 0.4) is 0 Å². The molecule has 98 valence electrons. The molecule has 2 aliphatic rings. The maximum absolute atomic E-state index is 11.4. The average Bonchev–Trinajstić information content (AvgIpc) is 2.93. The second-order valence-corrected chi connectivity index (χ2v) is 5.59. The van der Waals surface area contributed by atoms with Crippen LogP contribution in [0, 0.1) is 5.92 Å². The van der Waals surface area contributed by atoms with E-state index in [1.165, 1.54) is 25.9 Å². The lowest BCUT2D eigenvalue weighted by Crippen LogP contribution is -2.38. The highest BCUT2D eigenvalue weighted by Crippen LogP contribution is 2.18. The van der Waals surface area contributed by atoms with Crippen molar-refractivity contribution in [2.75, 3.05) is 32.7 Å². The van der Waals surface area contributed by atoms with Crippen LogP contribution in [-0.2, 0) is 4.79 Å². The highest BCUT2D eigenvalue weighted by Gasteiger charge is 2.22. The van der Waals surface area contributed by atoms with Gasteiger partial charge in [-0.15, -0.1) is 0 Å². The van der Waals surface area contributed by atoms with Gasteiger partial charge in [-0.3, -0.25) is 4.79 Å². The van der Waals surface area contributed by atoms with Crippen molar-refractivity contribution in [2.24, 2.45) is 5.92 Å². The number of carbonyl (C=O) groups excluding carboxylic acids is 1. The third-order valence-corrected chi connectivity index (χ3v) is 3.49. The van der Waals surface area contributed by atoms with E-state index < -0.39 is 0 Å². The SMILES string of the molecule is CC(CNCC(=O)NC1CC1)CN1CCCC1. The third kappa shape index (κ3) is 5.04. The van der Waals surface area contributed by atoms with E-state index in [0.717, 1.165) is 25.9 Å². The molecule has 1 unspecified atom stereocenters. The number of carbonyl (C=O) groups is 1. The summed E-state index contributed by atoms with van der Waals surface area (Å²) >= 11 is 0. The standard InChI is InChI=1S/C13H25N3O/c1-11(10-16-6-2-3-7-16)8-14-9-13(17)15-12-4-5-12/h11-12,14H,2-10H2,1H3,(H,15,17). The van der Waals surface area contributed by atoms with Gasteiger partial charge in [0.2, 0.25) is 5.91 Å². The van der Waals surface area contributed by atoms with Crippen LogP contribution in [0.25, 0.3) is 0 Å². The number of nitrogens with zero attached hydrogens (tertiary/aromatic N) is 1. The molecule has 2 fully saturated rings. The van der Waals surface area contributed by atoms with Crippen molar-refractivity contribution in [3.8, 4) is 0 Å². The van der Waals surface area contributed by atoms with Gasteiger partial charge in [0.15, 0.2) is 0 Å². The predicted octanol–water partition coefficient (Wildman–Crippen LogP) is 0.587. The van der Waals surface area contributed by atoms with Gasteiger partial charge in [0, 0.05) is 12.6 Å². The molecule has 1 saturated heterocycles. The fraction of sp³-hybridized carbons (Fsp3) is 0.923. The first-order chi connectivity index (χ1) is 8.24. The van der Waals surface area contributed by atoms with Gasteiger partial charge >= 0.3 is 0 Å². The van der Waals surface area contributed by atoms with E-state index in [0.29, 0.717) is 18.5 Å². The summed E-state index contributed by atoms with van der Waals surface area (Å²) in [6.07, 6.45) is 5.03. The van der Waals surface area contributed by atoms with Crippen molar-refractivity contribution in [3.05, 3.63) is 0 Å². The zero-order valence-electron chi connectivity index (χ0n) is 10.9. The minimum atomic E-state index is 0.154. The van der Waals surface area contributed by atoms with E-state index in [-0.39, 0.29) is 5.91 Å². The highest BCUT2D eigenvalue weighted by molar-refractivity contribution is 5.78. The summed E-state index contributed by atoms with van der Waals surface area (Å²) in [4.78, 5) is 14.0. The Morgan fingerprint density at radius 3 is 2.71 bits per heavy atom. The van der Waals surface area contributed by atoms with Crippen LogP contribution in [0.15, 0.2) is 0 Å². The summed E-state index contributed by atoms with van der Waals surface area (Å²) in [7, 11) is 0. The highest BCUT2D eigenvalue weighted by atomic mass is 16.2. The Hall–Kier alpha value is -0.610. The molecule has 0 aromatic rings. The Balaban J connectivity index is 1.49. The van der Waals surface area contributed by atoms with Crippen molar-refractivity contribution >= 4 is 5.91 Å². The van der Waals surface area contributed by atoms with E-state index >= 15 is 0 Å². The molecular formula is C13H25N3O. The minimum Gasteiger partial charge on any atom is -0.352 e. The van der Waals surface area contributed by atoms with Crippen LogP contribution in [-0.4, -0.2) is 49.6 Å². The Labute approximate surface area is 104 Å². The summed E-state index contributed by atoms with van der Waals surface area (Å²) in [5.41, 5.74) is 0. The van der Waals surface area contributed by atoms with Gasteiger partial charge in [-0.1, -0.05) is 6.92 Å². The van der Waals surface area contributed by atoms with E-state index in [9.17, 15) is 4.79 Å². The van der Waals surface area contributed by atoms with Gasteiger partial charge in [0.1, 0.15) is 0 Å². The second-order valence-electron chi connectivity index (χ2n) is 5.59. The van der Waals surface area contributed by atoms with Gasteiger partial charge in [-0.25, -0.2) is 0 Å². The van der Waals surface area contributed by atoms with Crippen molar-refractivity contribution in [2.45, 2.75) is 38.6 Å². The molecular weight excluding hydrogens is 214 g/mol. The van der Waals surface area contributed by atoms with Crippen LogP contribution in [0.2, 0.25) is 0 Å². The Bertz CT molecular complexity index is 247. The lowest BCUT2D eigenvalue weighted by atomic mass is 10.1. The van der Waals surface area contributed by atoms with Gasteiger partial charge in [-0.2, -0.15) is 0 Å². The number of hydrogen-bond acceptors (Lipinski definition) is 3. The molecule has 0 radical (unpaired) electrons. The van der Waals surface area contributed by atoms with E-state index in [1.54, 1.807) is 0 Å². The zero-order chi connectivity index (χ0) is 12.1. The van der Waals surface area contributed by atoms with Crippen LogP contribution < -0.4 is 10.6 Å². The molecule has 1 heterocycles. The monoisotopic (exact) mass is 239 g/mol. The second kappa shape index (κ2) is 6.36. The lowest BCUT2D eigenvalue weighted by Gasteiger charge is -2.20. The van der Waals surface area contributed by atoms with E-state index in [1.807, 2.05) is 0 Å². The Morgan fingerprint density at radius 2 is 2.06 bits per heavy atom. The number of amides is 1. The molecule has 1 atom stereocenters. The fourth-order valence-corrected chi connectivity index (χ4v) is 2.41. The third-order valence-electron chi connectivity index (χ3n) is 3.49. The van der Waals surface area contributed by atoms with Crippen LogP contribution in [0.1, 0.15) is 32.6 Å². The molecule has 0 bridgehead atoms. The number of nitrogens with one attached hydrogen (secondary N) is 2. The zero-order valence-corrected chi connectivity index (χ0v) is 10.9. The summed E-state index contributed by atoms with van der Waals surface area (Å²) in [5, 5.41) is 6.24. The van der Waals surface area contributed by atoms with Crippen LogP contribution in [0.4, 0.5) is 0 Å². The fourth-order valence-electron chi connectivity index (χ4n) is 2.41. The van der Waals surface area contributed by atoms with Gasteiger partial charge in [-0.05, 0) is 51.2 Å². The minimum absolute atomic E-state index is 0.154. The molecule has 4 heteroatoms. The molecule has 1 amide bonds. The van der Waals surface area contributed by atoms with Gasteiger partial charge < -0.3 is 15.5 Å². The molecule has 1 aliphatic carbocycles. The summed E-state index contributed by atoms with van der Waals surface area (Å²) in [5.74, 6) is 0.780. The smallest absolute Gasteiger partial charge is 0.234 e. The van der Waals surface area contributed by atoms with Crippen molar-refractivity contribution in [1.82, 2.24) is 15.5 Å². The molecule has 17 heavy (non-hydrogen) atoms. The molecule has 1 aliphatic heterocycles. The largest absolute Gasteiger partial charge is 0.352 e. The molecule has 4 nitrogen and oxygen atoms in total. The molecule has 0 aromatic carbocycles. The quantitative estimate of drug-likeness (QED) is 0.683. The summed E-state index contributed by atoms with van der Waals surface area (Å²) < 4.78 is 0. The number of likely N-dealkylation sites (tertiary alicyclic amines) is 1. The van der Waals surface area contributed by atoms with E-state index in [4.69, 9.17) is 0 Å². The lowest BCUT2D eigenvalue weighted by molar-refractivity contribution is -0.120. The number of rotatable bonds is 7. The average molecular weight is 239 g/mol. The van der Waals surface area contributed by atoms with Crippen LogP contribution in [0.5, 0.6) is 0 Å². The molecule has 0 aromatic heterocycles. The summed E-state index contributed by atoms with van der Waals surface area (Å²) in [6, 6.07) is 0.478. The summed E-state index contributed by atoms with van der Waals surface area (Å²) in [6.45, 7) is 7.34. The normalized spacial score (nSPS) is 22.6. The van der Waals surface area contributed by atoms with E-state index in [2.05, 4.69) is 22.5 Å². The Morgan fingerprint density at radius 1 is 1.35 bits per heavy atom. The molecule has 1 saturated carbocycles. The topological polar surface area (TPSA) is 44.4 Å². The van der Waals surface area contributed by atoms with Crippen molar-refractivity contribution < 1.29 is 4.79 Å². The Kier molecular flexibility index (Phi) is 4.80. The first-order valence-electron chi connectivity index (χ1n) is 6.96. The van der Waals surface area contributed by atoms with Gasteiger partial charge in [0.25, 0.3) is 0 Å². The first kappa shape index (κ1) is 12.8. The van der Waals surface area contributed by atoms with Crippen molar-refractivity contribution in [1.29, 1.82) is 0 Å². The molecule has 0 spiro atoms. The molecule has 2 rings (SSSR count). The van der Waals surface area contributed by atoms with Gasteiger partial charge in [0.05, 0.1) is 6.54 Å². The maximum atomic E-state index is 11.4. The maximum Gasteiger partial charge on any atom is 0.234 e.